The summed E-state index contributed by atoms with van der Waals surface area (Å²) in [6.45, 7) is 0. The minimum absolute atomic E-state index is 0.00502. The van der Waals surface area contributed by atoms with Crippen LogP contribution in [0, 0.1) is 0 Å². The Balaban J connectivity index is 1.96. The number of ketones is 1. The zero-order valence-corrected chi connectivity index (χ0v) is 18.0. The number of halogens is 6. The predicted molar refractivity (Wildman–Crippen MR) is 119 cm³/mol. The van der Waals surface area contributed by atoms with Crippen molar-refractivity contribution in [2.45, 2.75) is 12.4 Å². The fraction of sp³-hybridized carbons (Fsp3) is 0.0800. The molecule has 0 saturated carbocycles. The van der Waals surface area contributed by atoms with E-state index in [1.165, 1.54) is 24.3 Å². The van der Waals surface area contributed by atoms with Crippen LogP contribution in [0.5, 0.6) is 0 Å². The van der Waals surface area contributed by atoms with Gasteiger partial charge in [-0.1, -0.05) is 54.6 Å². The van der Waals surface area contributed by atoms with Gasteiger partial charge in [0.15, 0.2) is 5.78 Å². The second kappa shape index (κ2) is 8.64. The summed E-state index contributed by atoms with van der Waals surface area (Å²) in [5, 5.41) is 0.0520. The maximum atomic E-state index is 13.4. The Bertz CT molecular complexity index is 1340. The Labute approximate surface area is 194 Å². The first kappa shape index (κ1) is 23.6. The average Bonchev–Trinajstić information content (AvgIpc) is 3.15. The molecular weight excluding hydrogens is 476 g/mol. The summed E-state index contributed by atoms with van der Waals surface area (Å²) in [6.07, 6.45) is -9.18. The third kappa shape index (κ3) is 4.56. The third-order valence-electron chi connectivity index (χ3n) is 5.15. The molecule has 2 N–H and O–H groups in total. The van der Waals surface area contributed by atoms with E-state index in [1.54, 1.807) is 30.3 Å². The maximum Gasteiger partial charge on any atom is 0.416 e. The molecule has 2 nitrogen and oxygen atoms in total. The lowest BCUT2D eigenvalue weighted by Gasteiger charge is -2.12. The lowest BCUT2D eigenvalue weighted by atomic mass is 9.92. The van der Waals surface area contributed by atoms with Gasteiger partial charge in [-0.15, -0.1) is 11.3 Å². The summed E-state index contributed by atoms with van der Waals surface area (Å²) < 4.78 is 79.2. The van der Waals surface area contributed by atoms with Crippen LogP contribution in [-0.4, -0.2) is 5.78 Å². The lowest BCUT2D eigenvalue weighted by Crippen LogP contribution is -2.07. The minimum Gasteiger partial charge on any atom is -0.390 e. The molecule has 4 aromatic rings. The van der Waals surface area contributed by atoms with E-state index < -0.39 is 29.3 Å². The van der Waals surface area contributed by atoms with Crippen LogP contribution < -0.4 is 5.73 Å². The second-order valence-corrected chi connectivity index (χ2v) is 8.45. The number of nitrogen functional groups attached to an aromatic ring is 1. The van der Waals surface area contributed by atoms with Crippen molar-refractivity contribution in [1.82, 2.24) is 0 Å². The number of thiophene rings is 1. The van der Waals surface area contributed by atoms with Crippen LogP contribution in [0.25, 0.3) is 21.6 Å². The number of carbonyl (C=O) groups is 1. The molecule has 1 aromatic heterocycles. The van der Waals surface area contributed by atoms with Gasteiger partial charge in [0, 0.05) is 16.0 Å². The van der Waals surface area contributed by atoms with Crippen molar-refractivity contribution < 1.29 is 31.1 Å². The maximum absolute atomic E-state index is 13.4. The highest BCUT2D eigenvalue weighted by Gasteiger charge is 2.33. The van der Waals surface area contributed by atoms with Crippen LogP contribution >= 0.6 is 11.3 Å². The molecule has 0 radical (unpaired) electrons. The quantitative estimate of drug-likeness (QED) is 0.233. The van der Waals surface area contributed by atoms with Gasteiger partial charge < -0.3 is 5.73 Å². The smallest absolute Gasteiger partial charge is 0.390 e. The predicted octanol–water partition coefficient (Wildman–Crippen LogP) is 7.93. The number of anilines is 1. The van der Waals surface area contributed by atoms with E-state index in [4.69, 9.17) is 5.73 Å². The number of hydrogen-bond acceptors (Lipinski definition) is 3. The fourth-order valence-corrected chi connectivity index (χ4v) is 4.64. The molecule has 0 aliphatic carbocycles. The number of nitrogens with two attached hydrogens (primary N) is 1. The lowest BCUT2D eigenvalue weighted by molar-refractivity contribution is -0.138. The average molecular weight is 491 g/mol. The highest BCUT2D eigenvalue weighted by Crippen LogP contribution is 2.47. The Morgan fingerprint density at radius 1 is 0.706 bits per heavy atom. The Hall–Kier alpha value is -3.59. The molecule has 174 valence electrons. The van der Waals surface area contributed by atoms with Crippen molar-refractivity contribution in [3.05, 3.63) is 101 Å². The van der Waals surface area contributed by atoms with Gasteiger partial charge in [-0.2, -0.15) is 26.3 Å². The minimum atomic E-state index is -4.63. The molecule has 4 rings (SSSR count). The number of benzene rings is 3. The highest BCUT2D eigenvalue weighted by molar-refractivity contribution is 7.20. The normalized spacial score (nSPS) is 12.1. The van der Waals surface area contributed by atoms with E-state index in [0.29, 0.717) is 10.4 Å². The van der Waals surface area contributed by atoms with Gasteiger partial charge in [0.25, 0.3) is 0 Å². The summed E-state index contributed by atoms with van der Waals surface area (Å²) in [4.78, 5) is 13.6. The Kier molecular flexibility index (Phi) is 5.99. The number of alkyl halides is 6. The third-order valence-corrected chi connectivity index (χ3v) is 6.22. The molecule has 0 amide bonds. The van der Waals surface area contributed by atoms with Crippen LogP contribution in [0.3, 0.4) is 0 Å². The molecule has 0 unspecified atom stereocenters. The number of rotatable bonds is 4. The van der Waals surface area contributed by atoms with Crippen LogP contribution in [-0.2, 0) is 12.4 Å². The monoisotopic (exact) mass is 491 g/mol. The first-order valence-corrected chi connectivity index (χ1v) is 10.7. The van der Waals surface area contributed by atoms with Crippen LogP contribution in [0.15, 0.2) is 78.9 Å². The molecule has 0 aliphatic heterocycles. The van der Waals surface area contributed by atoms with E-state index in [9.17, 15) is 31.1 Å². The molecule has 9 heteroatoms. The summed E-state index contributed by atoms with van der Waals surface area (Å²) in [5.74, 6) is -0.500. The summed E-state index contributed by atoms with van der Waals surface area (Å²) >= 11 is 0.933. The van der Waals surface area contributed by atoms with Crippen LogP contribution in [0.1, 0.15) is 27.0 Å². The first-order chi connectivity index (χ1) is 16.0. The van der Waals surface area contributed by atoms with Crippen molar-refractivity contribution in [2.75, 3.05) is 5.73 Å². The van der Waals surface area contributed by atoms with Gasteiger partial charge in [-0.25, -0.2) is 0 Å². The summed E-state index contributed by atoms with van der Waals surface area (Å²) in [7, 11) is 0. The van der Waals surface area contributed by atoms with E-state index >= 15 is 0 Å². The van der Waals surface area contributed by atoms with Crippen molar-refractivity contribution in [3.8, 4) is 21.6 Å². The van der Waals surface area contributed by atoms with E-state index in [0.717, 1.165) is 35.6 Å². The van der Waals surface area contributed by atoms with Crippen molar-refractivity contribution in [3.63, 3.8) is 0 Å². The zero-order chi connectivity index (χ0) is 24.7. The molecule has 3 aromatic carbocycles. The highest BCUT2D eigenvalue weighted by atomic mass is 32.1. The second-order valence-electron chi connectivity index (χ2n) is 7.39. The van der Waals surface area contributed by atoms with E-state index in [2.05, 4.69) is 0 Å². The van der Waals surface area contributed by atoms with Gasteiger partial charge >= 0.3 is 12.4 Å². The summed E-state index contributed by atoms with van der Waals surface area (Å²) in [6, 6.07) is 16.7. The van der Waals surface area contributed by atoms with E-state index in [1.807, 2.05) is 0 Å². The van der Waals surface area contributed by atoms with E-state index in [-0.39, 0.29) is 27.3 Å². The Morgan fingerprint density at radius 3 is 1.91 bits per heavy atom. The zero-order valence-electron chi connectivity index (χ0n) is 17.2. The van der Waals surface area contributed by atoms with Crippen molar-refractivity contribution in [1.29, 1.82) is 0 Å². The largest absolute Gasteiger partial charge is 0.416 e. The van der Waals surface area contributed by atoms with Gasteiger partial charge in [0.2, 0.25) is 0 Å². The van der Waals surface area contributed by atoms with Crippen molar-refractivity contribution >= 4 is 22.1 Å². The molecule has 0 spiro atoms. The fourth-order valence-electron chi connectivity index (χ4n) is 3.55. The molecule has 0 saturated heterocycles. The van der Waals surface area contributed by atoms with Gasteiger partial charge in [-0.3, -0.25) is 4.79 Å². The van der Waals surface area contributed by atoms with Crippen molar-refractivity contribution in [2.24, 2.45) is 0 Å². The molecule has 0 fully saturated rings. The topological polar surface area (TPSA) is 43.1 Å². The SMILES string of the molecule is Nc1sc(-c2ccc(C(F)(F)F)cc2)c(-c2cccc(C(F)(F)F)c2)c1C(=O)c1ccccc1. The van der Waals surface area contributed by atoms with Crippen LogP contribution in [0.2, 0.25) is 0 Å². The van der Waals surface area contributed by atoms with Gasteiger partial charge in [0.1, 0.15) is 0 Å². The van der Waals surface area contributed by atoms with Gasteiger partial charge in [0.05, 0.1) is 21.7 Å². The molecule has 0 bridgehead atoms. The molecule has 34 heavy (non-hydrogen) atoms. The van der Waals surface area contributed by atoms with Gasteiger partial charge in [-0.05, 0) is 35.4 Å². The first-order valence-electron chi connectivity index (χ1n) is 9.84. The summed E-state index contributed by atoms with van der Waals surface area (Å²) in [5.41, 5.74) is 5.17. The molecular formula is C25H15F6NOS. The Morgan fingerprint density at radius 2 is 1.32 bits per heavy atom. The number of carbonyl (C=O) groups excluding carboxylic acids is 1. The molecule has 0 aliphatic rings. The number of hydrogen-bond donors (Lipinski definition) is 1. The molecule has 0 atom stereocenters. The van der Waals surface area contributed by atoms with Crippen LogP contribution in [0.4, 0.5) is 31.3 Å². The molecule has 1 heterocycles. The standard InChI is InChI=1S/C25H15F6NOS/c26-24(27,28)17-11-9-15(10-12-17)22-19(16-7-4-8-18(13-16)25(29,30)31)20(23(32)34-22)21(33)14-5-2-1-3-6-14/h1-13H,32H2.